The second-order valence-electron chi connectivity index (χ2n) is 6.71. The summed E-state index contributed by atoms with van der Waals surface area (Å²) in [5.74, 6) is -0.955. The van der Waals surface area contributed by atoms with Crippen LogP contribution < -0.4 is 10.6 Å². The van der Waals surface area contributed by atoms with Crippen LogP contribution in [0.15, 0.2) is 30.3 Å². The van der Waals surface area contributed by atoms with Gasteiger partial charge >= 0.3 is 0 Å². The lowest BCUT2D eigenvalue weighted by atomic mass is 10.1. The highest BCUT2D eigenvalue weighted by molar-refractivity contribution is 6.34. The zero-order chi connectivity index (χ0) is 19.2. The van der Waals surface area contributed by atoms with Gasteiger partial charge in [0.25, 0.3) is 5.91 Å². The molecule has 140 valence electrons. The van der Waals surface area contributed by atoms with E-state index in [1.54, 1.807) is 31.3 Å². The zero-order valence-corrected chi connectivity index (χ0v) is 15.3. The van der Waals surface area contributed by atoms with E-state index in [0.717, 1.165) is 16.6 Å². The van der Waals surface area contributed by atoms with Gasteiger partial charge in [0.2, 0.25) is 5.95 Å². The highest BCUT2D eigenvalue weighted by atomic mass is 35.5. The van der Waals surface area contributed by atoms with Crippen molar-refractivity contribution in [3.63, 3.8) is 0 Å². The van der Waals surface area contributed by atoms with E-state index in [4.69, 9.17) is 11.6 Å². The topological polar surface area (TPSA) is 90.0 Å². The number of pyridine rings is 1. The monoisotopic (exact) mass is 388 g/mol. The van der Waals surface area contributed by atoms with E-state index in [2.05, 4.69) is 20.6 Å². The standard InChI is InChI=1S/C19H18ClFN4O2/c1-22-15-3-2-14(25-17(15)21)12-8-16-10(7-13(12)20)6-11(24-16)9-23-18(26)19(27)4-5-19/h2-3,6-8,22,24,27H,4-5,9H2,1H3,(H,23,26). The van der Waals surface area contributed by atoms with Crippen molar-refractivity contribution in [3.05, 3.63) is 47.0 Å². The quantitative estimate of drug-likeness (QED) is 0.505. The van der Waals surface area contributed by atoms with Crippen LogP contribution in [-0.2, 0) is 11.3 Å². The summed E-state index contributed by atoms with van der Waals surface area (Å²) >= 11 is 6.37. The minimum atomic E-state index is -1.20. The molecular formula is C19H18ClFN4O2. The summed E-state index contributed by atoms with van der Waals surface area (Å²) in [7, 11) is 1.62. The molecule has 0 aliphatic heterocycles. The van der Waals surface area contributed by atoms with E-state index in [1.807, 2.05) is 6.07 Å². The molecule has 6 nitrogen and oxygen atoms in total. The predicted octanol–water partition coefficient (Wildman–Crippen LogP) is 3.21. The van der Waals surface area contributed by atoms with Crippen molar-refractivity contribution in [2.75, 3.05) is 12.4 Å². The third-order valence-electron chi connectivity index (χ3n) is 4.74. The third-order valence-corrected chi connectivity index (χ3v) is 5.06. The molecule has 0 unspecified atom stereocenters. The maximum absolute atomic E-state index is 14.0. The van der Waals surface area contributed by atoms with Gasteiger partial charge in [0.1, 0.15) is 5.60 Å². The second kappa shape index (κ2) is 6.51. The summed E-state index contributed by atoms with van der Waals surface area (Å²) in [6.45, 7) is 0.270. The Bertz CT molecular complexity index is 1050. The van der Waals surface area contributed by atoms with Gasteiger partial charge in [-0.2, -0.15) is 4.39 Å². The van der Waals surface area contributed by atoms with Gasteiger partial charge in [0.15, 0.2) is 0 Å². The molecule has 2 heterocycles. The molecule has 1 aliphatic carbocycles. The Morgan fingerprint density at radius 2 is 2.15 bits per heavy atom. The van der Waals surface area contributed by atoms with Crippen LogP contribution >= 0.6 is 11.6 Å². The van der Waals surface area contributed by atoms with Crippen LogP contribution in [0.2, 0.25) is 5.02 Å². The second-order valence-corrected chi connectivity index (χ2v) is 7.12. The van der Waals surface area contributed by atoms with Gasteiger partial charge in [-0.25, -0.2) is 4.98 Å². The SMILES string of the molecule is CNc1ccc(-c2cc3[nH]c(CNC(=O)C4(O)CC4)cc3cc2Cl)nc1F. The first-order chi connectivity index (χ1) is 12.9. The number of nitrogens with one attached hydrogen (secondary N) is 3. The number of carbonyl (C=O) groups is 1. The van der Waals surface area contributed by atoms with Crippen LogP contribution in [0.4, 0.5) is 10.1 Å². The van der Waals surface area contributed by atoms with E-state index < -0.39 is 11.5 Å². The third kappa shape index (κ3) is 3.36. The summed E-state index contributed by atoms with van der Waals surface area (Å²) < 4.78 is 14.0. The van der Waals surface area contributed by atoms with Crippen LogP contribution in [-0.4, -0.2) is 33.6 Å². The first-order valence-corrected chi connectivity index (χ1v) is 8.94. The Balaban J connectivity index is 1.61. The molecule has 1 aromatic carbocycles. The van der Waals surface area contributed by atoms with Crippen molar-refractivity contribution < 1.29 is 14.3 Å². The number of nitrogens with zero attached hydrogens (tertiary/aromatic N) is 1. The molecule has 0 atom stereocenters. The molecule has 1 saturated carbocycles. The maximum atomic E-state index is 14.0. The Morgan fingerprint density at radius 1 is 1.37 bits per heavy atom. The smallest absolute Gasteiger partial charge is 0.252 e. The van der Waals surface area contributed by atoms with Crippen LogP contribution in [0.1, 0.15) is 18.5 Å². The summed E-state index contributed by atoms with van der Waals surface area (Å²) in [5, 5.41) is 16.6. The fraction of sp³-hybridized carbons (Fsp3) is 0.263. The average Bonchev–Trinajstić information content (AvgIpc) is 3.27. The summed E-state index contributed by atoms with van der Waals surface area (Å²) in [5.41, 5.74) is 1.72. The summed E-state index contributed by atoms with van der Waals surface area (Å²) in [4.78, 5) is 19.0. The van der Waals surface area contributed by atoms with Crippen molar-refractivity contribution in [2.24, 2.45) is 0 Å². The maximum Gasteiger partial charge on any atom is 0.252 e. The molecule has 4 N–H and O–H groups in total. The van der Waals surface area contributed by atoms with Crippen LogP contribution in [0.25, 0.3) is 22.2 Å². The van der Waals surface area contributed by atoms with Gasteiger partial charge in [0, 0.05) is 29.2 Å². The number of amides is 1. The minimum Gasteiger partial charge on any atom is -0.384 e. The molecule has 0 bridgehead atoms. The minimum absolute atomic E-state index is 0.270. The van der Waals surface area contributed by atoms with E-state index in [9.17, 15) is 14.3 Å². The molecule has 3 aromatic rings. The predicted molar refractivity (Wildman–Crippen MR) is 102 cm³/mol. The Labute approximate surface area is 159 Å². The summed E-state index contributed by atoms with van der Waals surface area (Å²) in [6.07, 6.45) is 1.00. The number of carbonyl (C=O) groups excluding carboxylic acids is 1. The molecule has 27 heavy (non-hydrogen) atoms. The highest BCUT2D eigenvalue weighted by Crippen LogP contribution is 2.35. The molecule has 4 rings (SSSR count). The number of halogens is 2. The molecule has 1 aliphatic rings. The Kier molecular flexibility index (Phi) is 4.28. The number of aliphatic hydroxyl groups is 1. The molecule has 0 radical (unpaired) electrons. The molecule has 8 heteroatoms. The van der Waals surface area contributed by atoms with E-state index in [1.165, 1.54) is 0 Å². The number of hydrogen-bond donors (Lipinski definition) is 4. The average molecular weight is 389 g/mol. The number of aromatic amines is 1. The number of anilines is 1. The Hall–Kier alpha value is -2.64. The molecular weight excluding hydrogens is 371 g/mol. The summed E-state index contributed by atoms with van der Waals surface area (Å²) in [6, 6.07) is 8.76. The Morgan fingerprint density at radius 3 is 2.81 bits per heavy atom. The number of fused-ring (bicyclic) bond motifs is 1. The largest absolute Gasteiger partial charge is 0.384 e. The normalized spacial score (nSPS) is 15.0. The van der Waals surface area contributed by atoms with Crippen LogP contribution in [0, 0.1) is 5.95 Å². The van der Waals surface area contributed by atoms with Gasteiger partial charge in [-0.1, -0.05) is 11.6 Å². The number of rotatable bonds is 5. The van der Waals surface area contributed by atoms with Gasteiger partial charge < -0.3 is 20.7 Å². The van der Waals surface area contributed by atoms with E-state index >= 15 is 0 Å². The fourth-order valence-corrected chi connectivity index (χ4v) is 3.23. The number of benzene rings is 1. The molecule has 0 spiro atoms. The molecule has 1 amide bonds. The van der Waals surface area contributed by atoms with Crippen molar-refractivity contribution in [1.82, 2.24) is 15.3 Å². The van der Waals surface area contributed by atoms with Crippen LogP contribution in [0.5, 0.6) is 0 Å². The zero-order valence-electron chi connectivity index (χ0n) is 14.6. The number of H-pyrrole nitrogens is 1. The molecule has 2 aromatic heterocycles. The first-order valence-electron chi connectivity index (χ1n) is 8.56. The number of hydrogen-bond acceptors (Lipinski definition) is 4. The van der Waals surface area contributed by atoms with Crippen molar-refractivity contribution in [2.45, 2.75) is 25.0 Å². The lowest BCUT2D eigenvalue weighted by Crippen LogP contribution is -2.35. The number of aromatic nitrogens is 2. The lowest BCUT2D eigenvalue weighted by Gasteiger charge is -2.07. The van der Waals surface area contributed by atoms with Crippen LogP contribution in [0.3, 0.4) is 0 Å². The van der Waals surface area contributed by atoms with Crippen molar-refractivity contribution in [3.8, 4) is 11.3 Å². The van der Waals surface area contributed by atoms with E-state index in [-0.39, 0.29) is 12.5 Å². The van der Waals surface area contributed by atoms with Gasteiger partial charge in [-0.15, -0.1) is 0 Å². The molecule has 0 saturated heterocycles. The van der Waals surface area contributed by atoms with E-state index in [0.29, 0.717) is 34.8 Å². The fourth-order valence-electron chi connectivity index (χ4n) is 2.96. The lowest BCUT2D eigenvalue weighted by molar-refractivity contribution is -0.131. The van der Waals surface area contributed by atoms with Gasteiger partial charge in [-0.3, -0.25) is 4.79 Å². The molecule has 1 fully saturated rings. The van der Waals surface area contributed by atoms with Gasteiger partial charge in [0.05, 0.1) is 22.9 Å². The first kappa shape index (κ1) is 17.8. The van der Waals surface area contributed by atoms with Gasteiger partial charge in [-0.05, 0) is 43.2 Å². The highest BCUT2D eigenvalue weighted by Gasteiger charge is 2.47. The van der Waals surface area contributed by atoms with Crippen molar-refractivity contribution >= 4 is 34.1 Å². The van der Waals surface area contributed by atoms with Crippen molar-refractivity contribution in [1.29, 1.82) is 0 Å².